The van der Waals surface area contributed by atoms with E-state index in [1.807, 2.05) is 37.3 Å². The summed E-state index contributed by atoms with van der Waals surface area (Å²) in [6, 6.07) is 10.0. The molecule has 0 saturated carbocycles. The van der Waals surface area contributed by atoms with Crippen molar-refractivity contribution >= 4 is 32.6 Å². The van der Waals surface area contributed by atoms with Crippen molar-refractivity contribution in [2.75, 3.05) is 11.5 Å². The van der Waals surface area contributed by atoms with Crippen molar-refractivity contribution in [3.8, 4) is 11.1 Å². The fraction of sp³-hybridized carbons (Fsp3) is 0.0769. The first kappa shape index (κ1) is 11.0. The first-order chi connectivity index (χ1) is 8.65. The van der Waals surface area contributed by atoms with E-state index in [9.17, 15) is 0 Å². The van der Waals surface area contributed by atoms with E-state index in [1.54, 1.807) is 0 Å². The maximum absolute atomic E-state index is 6.02. The van der Waals surface area contributed by atoms with Gasteiger partial charge in [-0.05, 0) is 24.1 Å². The molecule has 0 bridgehead atoms. The van der Waals surface area contributed by atoms with Crippen molar-refractivity contribution in [1.82, 2.24) is 9.97 Å². The van der Waals surface area contributed by atoms with Crippen LogP contribution in [0.4, 0.5) is 10.9 Å². The van der Waals surface area contributed by atoms with Gasteiger partial charge in [-0.25, -0.2) is 9.97 Å². The highest BCUT2D eigenvalue weighted by molar-refractivity contribution is 7.21. The predicted octanol–water partition coefficient (Wildman–Crippen LogP) is 2.83. The number of hydrogen-bond donors (Lipinski definition) is 2. The molecule has 18 heavy (non-hydrogen) atoms. The number of nitrogens with zero attached hydrogens (tertiary/aromatic N) is 2. The van der Waals surface area contributed by atoms with Crippen LogP contribution in [0, 0.1) is 6.92 Å². The monoisotopic (exact) mass is 256 g/mol. The van der Waals surface area contributed by atoms with Gasteiger partial charge in [-0.3, -0.25) is 0 Å². The molecule has 5 heteroatoms. The molecule has 0 spiro atoms. The van der Waals surface area contributed by atoms with Gasteiger partial charge < -0.3 is 11.5 Å². The van der Waals surface area contributed by atoms with Crippen molar-refractivity contribution < 1.29 is 0 Å². The van der Waals surface area contributed by atoms with Gasteiger partial charge in [0, 0.05) is 5.56 Å². The van der Waals surface area contributed by atoms with Gasteiger partial charge in [0.25, 0.3) is 0 Å². The lowest BCUT2D eigenvalue weighted by Gasteiger charge is -2.07. The van der Waals surface area contributed by atoms with Crippen LogP contribution in [0.5, 0.6) is 0 Å². The molecule has 0 atom stereocenters. The van der Waals surface area contributed by atoms with Crippen LogP contribution in [0.25, 0.3) is 21.5 Å². The highest BCUT2D eigenvalue weighted by atomic mass is 32.1. The van der Waals surface area contributed by atoms with Gasteiger partial charge in [-0.1, -0.05) is 35.6 Å². The molecule has 0 saturated heterocycles. The lowest BCUT2D eigenvalue weighted by atomic mass is 10.0. The fourth-order valence-corrected chi connectivity index (χ4v) is 2.68. The molecule has 0 amide bonds. The molecule has 3 aromatic rings. The van der Waals surface area contributed by atoms with Crippen LogP contribution in [-0.4, -0.2) is 9.97 Å². The Morgan fingerprint density at radius 2 is 1.83 bits per heavy atom. The Hall–Kier alpha value is -2.14. The van der Waals surface area contributed by atoms with Crippen LogP contribution in [-0.2, 0) is 0 Å². The largest absolute Gasteiger partial charge is 0.383 e. The minimum absolute atomic E-state index is 0.513. The summed E-state index contributed by atoms with van der Waals surface area (Å²) in [5, 5.41) is 0.513. The number of thiazole rings is 1. The maximum atomic E-state index is 6.02. The second kappa shape index (κ2) is 3.96. The van der Waals surface area contributed by atoms with Crippen LogP contribution >= 0.6 is 11.3 Å². The van der Waals surface area contributed by atoms with E-state index in [4.69, 9.17) is 11.5 Å². The molecule has 0 aliphatic rings. The summed E-state index contributed by atoms with van der Waals surface area (Å²) in [5.41, 5.74) is 15.7. The third-order valence-electron chi connectivity index (χ3n) is 2.87. The number of anilines is 2. The van der Waals surface area contributed by atoms with Crippen molar-refractivity contribution in [2.45, 2.75) is 6.92 Å². The molecule has 4 nitrogen and oxygen atoms in total. The van der Waals surface area contributed by atoms with Gasteiger partial charge in [0.2, 0.25) is 0 Å². The van der Waals surface area contributed by atoms with E-state index in [1.165, 1.54) is 11.3 Å². The average Bonchev–Trinajstić information content (AvgIpc) is 2.68. The van der Waals surface area contributed by atoms with Crippen LogP contribution in [0.1, 0.15) is 5.56 Å². The minimum atomic E-state index is 0.513. The van der Waals surface area contributed by atoms with E-state index in [0.717, 1.165) is 27.0 Å². The van der Waals surface area contributed by atoms with Crippen molar-refractivity contribution in [3.63, 3.8) is 0 Å². The van der Waals surface area contributed by atoms with Crippen LogP contribution in [0.3, 0.4) is 0 Å². The summed E-state index contributed by atoms with van der Waals surface area (Å²) in [6.45, 7) is 2.05. The molecule has 0 radical (unpaired) electrons. The molecule has 0 aliphatic heterocycles. The predicted molar refractivity (Wildman–Crippen MR) is 76.4 cm³/mol. The first-order valence-electron chi connectivity index (χ1n) is 5.53. The van der Waals surface area contributed by atoms with Crippen molar-refractivity contribution in [3.05, 3.63) is 35.9 Å². The molecule has 2 heterocycles. The van der Waals surface area contributed by atoms with Crippen LogP contribution < -0.4 is 11.5 Å². The first-order valence-corrected chi connectivity index (χ1v) is 6.35. The lowest BCUT2D eigenvalue weighted by Crippen LogP contribution is -1.95. The maximum Gasteiger partial charge on any atom is 0.182 e. The number of aryl methyl sites for hydroxylation is 1. The number of nitrogen functional groups attached to an aromatic ring is 2. The fourth-order valence-electron chi connectivity index (χ4n) is 1.99. The van der Waals surface area contributed by atoms with Gasteiger partial charge >= 0.3 is 0 Å². The van der Waals surface area contributed by atoms with E-state index >= 15 is 0 Å². The Balaban J connectivity index is 2.29. The average molecular weight is 256 g/mol. The zero-order valence-electron chi connectivity index (χ0n) is 9.84. The second-order valence-corrected chi connectivity index (χ2v) is 5.12. The Morgan fingerprint density at radius 3 is 2.61 bits per heavy atom. The molecule has 3 rings (SSSR count). The standard InChI is InChI=1S/C13H12N4S/c1-7-4-2-3-5-8(7)9-6-10-12(17-11(9)14)18-13(15)16-10/h2-6H,1H3,(H2,14,17)(H2,15,16). The Morgan fingerprint density at radius 1 is 1.06 bits per heavy atom. The number of hydrogen-bond acceptors (Lipinski definition) is 5. The summed E-state index contributed by atoms with van der Waals surface area (Å²) < 4.78 is 0. The SMILES string of the molecule is Cc1ccccc1-c1cc2nc(N)sc2nc1N. The summed E-state index contributed by atoms with van der Waals surface area (Å²) in [5.74, 6) is 0.514. The molecular weight excluding hydrogens is 244 g/mol. The Kier molecular flexibility index (Phi) is 2.41. The van der Waals surface area contributed by atoms with Crippen LogP contribution in [0.2, 0.25) is 0 Å². The van der Waals surface area contributed by atoms with Crippen LogP contribution in [0.15, 0.2) is 30.3 Å². The number of rotatable bonds is 1. The molecule has 0 fully saturated rings. The normalized spacial score (nSPS) is 10.9. The number of benzene rings is 1. The number of pyridine rings is 1. The third-order valence-corrected chi connectivity index (χ3v) is 3.66. The molecule has 0 unspecified atom stereocenters. The van der Waals surface area contributed by atoms with Gasteiger partial charge in [0.15, 0.2) is 5.13 Å². The van der Waals surface area contributed by atoms with Gasteiger partial charge in [-0.15, -0.1) is 0 Å². The number of fused-ring (bicyclic) bond motifs is 1. The topological polar surface area (TPSA) is 77.8 Å². The second-order valence-electron chi connectivity index (χ2n) is 4.11. The van der Waals surface area contributed by atoms with Crippen molar-refractivity contribution in [1.29, 1.82) is 0 Å². The van der Waals surface area contributed by atoms with E-state index < -0.39 is 0 Å². The minimum Gasteiger partial charge on any atom is -0.383 e. The van der Waals surface area contributed by atoms with Crippen molar-refractivity contribution in [2.24, 2.45) is 0 Å². The smallest absolute Gasteiger partial charge is 0.182 e. The zero-order chi connectivity index (χ0) is 12.7. The molecule has 2 aromatic heterocycles. The highest BCUT2D eigenvalue weighted by Crippen LogP contribution is 2.32. The third kappa shape index (κ3) is 1.69. The van der Waals surface area contributed by atoms with E-state index in [0.29, 0.717) is 10.9 Å². The quantitative estimate of drug-likeness (QED) is 0.701. The van der Waals surface area contributed by atoms with Gasteiger partial charge in [-0.2, -0.15) is 0 Å². The van der Waals surface area contributed by atoms with Gasteiger partial charge in [0.1, 0.15) is 16.2 Å². The lowest BCUT2D eigenvalue weighted by molar-refractivity contribution is 1.39. The molecule has 90 valence electrons. The summed E-state index contributed by atoms with van der Waals surface area (Å²) >= 11 is 1.35. The summed E-state index contributed by atoms with van der Waals surface area (Å²) in [4.78, 5) is 9.40. The molecule has 4 N–H and O–H groups in total. The summed E-state index contributed by atoms with van der Waals surface area (Å²) in [6.07, 6.45) is 0. The molecule has 1 aromatic carbocycles. The highest BCUT2D eigenvalue weighted by Gasteiger charge is 2.11. The number of nitrogens with two attached hydrogens (primary N) is 2. The Bertz CT molecular complexity index is 733. The zero-order valence-corrected chi connectivity index (χ0v) is 10.7. The number of aromatic nitrogens is 2. The Labute approximate surface area is 108 Å². The molecule has 0 aliphatic carbocycles. The van der Waals surface area contributed by atoms with Gasteiger partial charge in [0.05, 0.1) is 0 Å². The molecular formula is C13H12N4S. The summed E-state index contributed by atoms with van der Waals surface area (Å²) in [7, 11) is 0. The van der Waals surface area contributed by atoms with E-state index in [-0.39, 0.29) is 0 Å². The van der Waals surface area contributed by atoms with E-state index in [2.05, 4.69) is 9.97 Å².